The van der Waals surface area contributed by atoms with Crippen molar-refractivity contribution in [1.29, 1.82) is 0 Å². The Hall–Kier alpha value is -1.59. The van der Waals surface area contributed by atoms with E-state index in [9.17, 15) is 4.79 Å². The lowest BCUT2D eigenvalue weighted by Gasteiger charge is -2.22. The van der Waals surface area contributed by atoms with E-state index >= 15 is 0 Å². The number of amides is 1. The van der Waals surface area contributed by atoms with Gasteiger partial charge in [-0.15, -0.1) is 11.3 Å². The molecule has 1 unspecified atom stereocenters. The van der Waals surface area contributed by atoms with Crippen LogP contribution in [0.1, 0.15) is 34.2 Å². The smallest absolute Gasteiger partial charge is 0.289 e. The Morgan fingerprint density at radius 1 is 1.50 bits per heavy atom. The van der Waals surface area contributed by atoms with Crippen LogP contribution < -0.4 is 5.73 Å². The van der Waals surface area contributed by atoms with Gasteiger partial charge in [0.1, 0.15) is 5.76 Å². The van der Waals surface area contributed by atoms with Gasteiger partial charge in [0.25, 0.3) is 5.91 Å². The topological polar surface area (TPSA) is 59.5 Å². The zero-order valence-corrected chi connectivity index (χ0v) is 11.2. The summed E-state index contributed by atoms with van der Waals surface area (Å²) >= 11 is 1.64. The fourth-order valence-electron chi connectivity index (χ4n) is 1.67. The molecule has 2 N–H and O–H groups in total. The minimum atomic E-state index is -0.129. The van der Waals surface area contributed by atoms with Crippen molar-refractivity contribution in [2.24, 2.45) is 5.73 Å². The summed E-state index contributed by atoms with van der Waals surface area (Å²) in [5.41, 5.74) is 5.46. The summed E-state index contributed by atoms with van der Waals surface area (Å²) in [4.78, 5) is 15.0. The van der Waals surface area contributed by atoms with Gasteiger partial charge in [0.15, 0.2) is 5.76 Å². The van der Waals surface area contributed by atoms with E-state index in [4.69, 9.17) is 10.2 Å². The van der Waals surface area contributed by atoms with Crippen LogP contribution in [0, 0.1) is 0 Å². The molecule has 0 saturated heterocycles. The van der Waals surface area contributed by atoms with Crippen molar-refractivity contribution in [3.63, 3.8) is 0 Å². The molecule has 0 radical (unpaired) electrons. The van der Waals surface area contributed by atoms with Crippen LogP contribution in [0.25, 0.3) is 0 Å². The molecule has 0 bridgehead atoms. The molecule has 0 spiro atoms. The lowest BCUT2D eigenvalue weighted by molar-refractivity contribution is 0.0711. The molecule has 0 saturated carbocycles. The van der Waals surface area contributed by atoms with Crippen molar-refractivity contribution in [3.8, 4) is 0 Å². The van der Waals surface area contributed by atoms with Gasteiger partial charge >= 0.3 is 0 Å². The highest BCUT2D eigenvalue weighted by atomic mass is 32.1. The highest BCUT2D eigenvalue weighted by molar-refractivity contribution is 7.10. The number of furan rings is 1. The second-order valence-electron chi connectivity index (χ2n) is 4.08. The molecule has 0 aliphatic carbocycles. The molecule has 0 fully saturated rings. The van der Waals surface area contributed by atoms with Crippen LogP contribution in [-0.4, -0.2) is 17.9 Å². The van der Waals surface area contributed by atoms with Gasteiger partial charge in [-0.25, -0.2) is 0 Å². The Morgan fingerprint density at radius 3 is 2.83 bits per heavy atom. The maximum absolute atomic E-state index is 12.2. The van der Waals surface area contributed by atoms with Gasteiger partial charge in [0.05, 0.1) is 12.6 Å². The van der Waals surface area contributed by atoms with Gasteiger partial charge in [-0.05, 0) is 30.5 Å². The summed E-state index contributed by atoms with van der Waals surface area (Å²) in [7, 11) is 1.78. The summed E-state index contributed by atoms with van der Waals surface area (Å²) < 4.78 is 5.37. The van der Waals surface area contributed by atoms with Gasteiger partial charge in [-0.1, -0.05) is 6.07 Å². The number of nitrogens with two attached hydrogens (primary N) is 1. The lowest BCUT2D eigenvalue weighted by Crippen LogP contribution is -2.28. The number of hydrogen-bond acceptors (Lipinski definition) is 4. The molecule has 2 aromatic rings. The van der Waals surface area contributed by atoms with Crippen LogP contribution in [-0.2, 0) is 6.54 Å². The third-order valence-electron chi connectivity index (χ3n) is 2.93. The van der Waals surface area contributed by atoms with Gasteiger partial charge in [0.2, 0.25) is 0 Å². The predicted molar refractivity (Wildman–Crippen MR) is 71.4 cm³/mol. The van der Waals surface area contributed by atoms with Gasteiger partial charge in [-0.3, -0.25) is 4.79 Å². The van der Waals surface area contributed by atoms with Crippen LogP contribution in [0.4, 0.5) is 0 Å². The van der Waals surface area contributed by atoms with Crippen LogP contribution in [0.3, 0.4) is 0 Å². The number of thiophene rings is 1. The SMILES string of the molecule is CC(c1cccs1)N(C)C(=O)c1ccc(CN)o1. The van der Waals surface area contributed by atoms with E-state index in [0.717, 1.165) is 4.88 Å². The molecule has 2 heterocycles. The molecule has 5 heteroatoms. The first-order valence-electron chi connectivity index (χ1n) is 5.73. The molecular weight excluding hydrogens is 248 g/mol. The first-order valence-corrected chi connectivity index (χ1v) is 6.60. The average Bonchev–Trinajstić information content (AvgIpc) is 3.06. The molecule has 0 aliphatic heterocycles. The number of rotatable bonds is 4. The summed E-state index contributed by atoms with van der Waals surface area (Å²) in [6.07, 6.45) is 0. The second kappa shape index (κ2) is 5.37. The molecule has 1 atom stereocenters. The van der Waals surface area contributed by atoms with Crippen LogP contribution in [0.15, 0.2) is 34.1 Å². The number of hydrogen-bond donors (Lipinski definition) is 1. The van der Waals surface area contributed by atoms with Crippen molar-refractivity contribution in [2.75, 3.05) is 7.05 Å². The Bertz CT molecular complexity index is 519. The van der Waals surface area contributed by atoms with Crippen LogP contribution in [0.5, 0.6) is 0 Å². The maximum atomic E-state index is 12.2. The standard InChI is InChI=1S/C13H16N2O2S/c1-9(12-4-3-7-18-12)15(2)13(16)11-6-5-10(8-14)17-11/h3-7,9H,8,14H2,1-2H3. The first-order chi connectivity index (χ1) is 8.63. The van der Waals surface area contributed by atoms with Crippen LogP contribution >= 0.6 is 11.3 Å². The average molecular weight is 264 g/mol. The van der Waals surface area contributed by atoms with Gasteiger partial charge < -0.3 is 15.1 Å². The van der Waals surface area contributed by atoms with Crippen molar-refractivity contribution in [3.05, 3.63) is 46.0 Å². The number of carbonyl (C=O) groups is 1. The van der Waals surface area contributed by atoms with E-state index in [0.29, 0.717) is 18.1 Å². The minimum Gasteiger partial charge on any atom is -0.455 e. The van der Waals surface area contributed by atoms with E-state index in [1.54, 1.807) is 35.4 Å². The molecule has 4 nitrogen and oxygen atoms in total. The Kier molecular flexibility index (Phi) is 3.84. The maximum Gasteiger partial charge on any atom is 0.289 e. The molecule has 0 aromatic carbocycles. The molecule has 18 heavy (non-hydrogen) atoms. The molecule has 96 valence electrons. The van der Waals surface area contributed by atoms with Crippen molar-refractivity contribution in [1.82, 2.24) is 4.90 Å². The summed E-state index contributed by atoms with van der Waals surface area (Å²) in [6, 6.07) is 7.43. The van der Waals surface area contributed by atoms with E-state index in [2.05, 4.69) is 0 Å². The normalized spacial score (nSPS) is 12.4. The van der Waals surface area contributed by atoms with Crippen molar-refractivity contribution >= 4 is 17.2 Å². The highest BCUT2D eigenvalue weighted by Crippen LogP contribution is 2.25. The monoisotopic (exact) mass is 264 g/mol. The molecule has 2 aromatic heterocycles. The third kappa shape index (κ3) is 2.47. The van der Waals surface area contributed by atoms with Crippen molar-refractivity contribution in [2.45, 2.75) is 19.5 Å². The second-order valence-corrected chi connectivity index (χ2v) is 5.06. The number of carbonyl (C=O) groups excluding carboxylic acids is 1. The quantitative estimate of drug-likeness (QED) is 0.923. The highest BCUT2D eigenvalue weighted by Gasteiger charge is 2.21. The largest absolute Gasteiger partial charge is 0.455 e. The van der Waals surface area contributed by atoms with Gasteiger partial charge in [0, 0.05) is 11.9 Å². The molecular formula is C13H16N2O2S. The van der Waals surface area contributed by atoms with E-state index in [1.165, 1.54) is 0 Å². The minimum absolute atomic E-state index is 0.0314. The van der Waals surface area contributed by atoms with Crippen molar-refractivity contribution < 1.29 is 9.21 Å². The molecule has 0 aliphatic rings. The molecule has 1 amide bonds. The lowest BCUT2D eigenvalue weighted by atomic mass is 10.2. The zero-order valence-electron chi connectivity index (χ0n) is 10.4. The van der Waals surface area contributed by atoms with Gasteiger partial charge in [-0.2, -0.15) is 0 Å². The summed E-state index contributed by atoms with van der Waals surface area (Å²) in [5, 5.41) is 2.00. The van der Waals surface area contributed by atoms with E-state index in [-0.39, 0.29) is 11.9 Å². The Labute approximate surface area is 110 Å². The zero-order chi connectivity index (χ0) is 13.1. The van der Waals surface area contributed by atoms with Crippen LogP contribution in [0.2, 0.25) is 0 Å². The fraction of sp³-hybridized carbons (Fsp3) is 0.308. The predicted octanol–water partition coefficient (Wildman–Crippen LogP) is 2.63. The summed E-state index contributed by atoms with van der Waals surface area (Å²) in [5.74, 6) is 0.826. The summed E-state index contributed by atoms with van der Waals surface area (Å²) in [6.45, 7) is 2.30. The Morgan fingerprint density at radius 2 is 2.28 bits per heavy atom. The third-order valence-corrected chi connectivity index (χ3v) is 3.97. The molecule has 2 rings (SSSR count). The fourth-order valence-corrected chi connectivity index (χ4v) is 2.50. The Balaban J connectivity index is 2.13. The van der Waals surface area contributed by atoms with E-state index in [1.807, 2.05) is 24.4 Å². The van der Waals surface area contributed by atoms with E-state index < -0.39 is 0 Å². The first kappa shape index (κ1) is 12.9. The number of nitrogens with zero attached hydrogens (tertiary/aromatic N) is 1.